The van der Waals surface area contributed by atoms with Crippen LogP contribution in [-0.2, 0) is 11.2 Å². The van der Waals surface area contributed by atoms with Gasteiger partial charge in [-0.05, 0) is 87.0 Å². The maximum atomic E-state index is 14.2. The molecule has 2 saturated heterocycles. The van der Waals surface area contributed by atoms with Crippen molar-refractivity contribution in [1.82, 2.24) is 9.88 Å². The molecule has 0 spiro atoms. The Kier molecular flexibility index (Phi) is 7.15. The van der Waals surface area contributed by atoms with Crippen LogP contribution in [0.25, 0.3) is 10.9 Å². The number of carbonyl (C=O) groups is 1. The highest BCUT2D eigenvalue weighted by Crippen LogP contribution is 2.31. The van der Waals surface area contributed by atoms with Gasteiger partial charge in [-0.15, -0.1) is 0 Å². The third-order valence-corrected chi connectivity index (χ3v) is 6.82. The molecule has 176 valence electrons. The molecule has 0 atom stereocenters. The van der Waals surface area contributed by atoms with Crippen LogP contribution >= 0.6 is 0 Å². The number of hydrogen-bond acceptors (Lipinski definition) is 3. The molecule has 2 aromatic carbocycles. The molecular weight excluding hydrogens is 419 g/mol. The van der Waals surface area contributed by atoms with Gasteiger partial charge in [-0.1, -0.05) is 24.3 Å². The Hall–Kier alpha value is -2.70. The smallest absolute Gasteiger partial charge is 0.335 e. The monoisotopic (exact) mass is 452 g/mol. The minimum absolute atomic E-state index is 0.279. The van der Waals surface area contributed by atoms with Gasteiger partial charge in [0.1, 0.15) is 0 Å². The highest BCUT2D eigenvalue weighted by atomic mass is 19.1. The number of hydrogen-bond donors (Lipinski definition) is 2. The number of rotatable bonds is 5. The first-order valence-corrected chi connectivity index (χ1v) is 11.7. The molecule has 1 aromatic heterocycles. The van der Waals surface area contributed by atoms with E-state index in [0.29, 0.717) is 18.0 Å². The van der Waals surface area contributed by atoms with Gasteiger partial charge in [0.05, 0.1) is 18.8 Å². The highest BCUT2D eigenvalue weighted by molar-refractivity contribution is 5.87. The second-order valence-electron chi connectivity index (χ2n) is 9.49. The number of aromatic carboxylic acids is 1. The van der Waals surface area contributed by atoms with E-state index in [4.69, 9.17) is 9.84 Å². The Bertz CT molecular complexity index is 1080. The van der Waals surface area contributed by atoms with Crippen molar-refractivity contribution in [3.63, 3.8) is 0 Å². The number of benzene rings is 2. The third kappa shape index (κ3) is 5.63. The number of likely N-dealkylation sites (tertiary alicyclic amines) is 1. The Balaban J connectivity index is 0.000000243. The molecule has 33 heavy (non-hydrogen) atoms. The number of alkyl halides is 1. The van der Waals surface area contributed by atoms with Gasteiger partial charge in [0, 0.05) is 23.6 Å². The van der Waals surface area contributed by atoms with E-state index in [0.717, 1.165) is 32.4 Å². The highest BCUT2D eigenvalue weighted by Gasteiger charge is 2.40. The summed E-state index contributed by atoms with van der Waals surface area (Å²) in [6.07, 6.45) is 5.51. The summed E-state index contributed by atoms with van der Waals surface area (Å²) in [5.41, 5.74) is 4.73. The lowest BCUT2D eigenvalue weighted by molar-refractivity contribution is -0.143. The van der Waals surface area contributed by atoms with Crippen molar-refractivity contribution in [2.45, 2.75) is 38.8 Å². The standard InChI is InChI=1S/C20H27FN2O.C7H6O2/c1-14-9-15(2)19-17(3-6-22-19)18(14)10-16-4-7-23(8-5-16)11-20(21)12-24-13-20;8-7(9)6-4-2-1-3-5-6/h3,6,9,16,22H,4-5,7-8,10-13H2,1-2H3;1-5H,(H,8,9). The van der Waals surface area contributed by atoms with Crippen LogP contribution in [0.3, 0.4) is 0 Å². The molecule has 0 amide bonds. The second kappa shape index (κ2) is 10.1. The molecule has 3 aromatic rings. The van der Waals surface area contributed by atoms with Gasteiger partial charge < -0.3 is 14.8 Å². The summed E-state index contributed by atoms with van der Waals surface area (Å²) in [6, 6.07) is 12.8. The van der Waals surface area contributed by atoms with Crippen molar-refractivity contribution in [2.24, 2.45) is 5.92 Å². The molecule has 0 radical (unpaired) electrons. The van der Waals surface area contributed by atoms with Gasteiger partial charge in [-0.3, -0.25) is 4.90 Å². The maximum absolute atomic E-state index is 14.2. The zero-order valence-corrected chi connectivity index (χ0v) is 19.4. The van der Waals surface area contributed by atoms with Crippen molar-refractivity contribution in [3.8, 4) is 0 Å². The number of nitrogens with zero attached hydrogens (tertiary/aromatic N) is 1. The zero-order valence-electron chi connectivity index (χ0n) is 19.4. The van der Waals surface area contributed by atoms with Crippen LogP contribution in [0.15, 0.2) is 48.7 Å². The van der Waals surface area contributed by atoms with E-state index in [2.05, 4.69) is 35.9 Å². The van der Waals surface area contributed by atoms with Gasteiger partial charge >= 0.3 is 5.97 Å². The first-order chi connectivity index (χ1) is 15.8. The van der Waals surface area contributed by atoms with Crippen LogP contribution in [-0.4, -0.2) is 59.5 Å². The summed E-state index contributed by atoms with van der Waals surface area (Å²) in [4.78, 5) is 15.9. The topological polar surface area (TPSA) is 65.6 Å². The number of aromatic nitrogens is 1. The van der Waals surface area contributed by atoms with Gasteiger partial charge in [-0.25, -0.2) is 9.18 Å². The molecular formula is C27H33FN2O3. The SMILES string of the molecule is Cc1cc(C)c2[nH]ccc2c1CC1CCN(CC2(F)COC2)CC1.O=C(O)c1ccccc1. The Morgan fingerprint density at radius 3 is 2.42 bits per heavy atom. The summed E-state index contributed by atoms with van der Waals surface area (Å²) in [5.74, 6) is -0.176. The van der Waals surface area contributed by atoms with Crippen LogP contribution in [0.2, 0.25) is 0 Å². The molecule has 5 nitrogen and oxygen atoms in total. The second-order valence-corrected chi connectivity index (χ2v) is 9.49. The van der Waals surface area contributed by atoms with Crippen molar-refractivity contribution in [1.29, 1.82) is 0 Å². The largest absolute Gasteiger partial charge is 0.478 e. The van der Waals surface area contributed by atoms with Crippen LogP contribution in [0.5, 0.6) is 0 Å². The Labute approximate surface area is 194 Å². The molecule has 0 saturated carbocycles. The number of ether oxygens (including phenoxy) is 1. The number of fused-ring (bicyclic) bond motifs is 1. The number of aryl methyl sites for hydroxylation is 2. The molecule has 0 aliphatic carbocycles. The number of nitrogens with one attached hydrogen (secondary N) is 1. The Morgan fingerprint density at radius 2 is 1.85 bits per heavy atom. The van der Waals surface area contributed by atoms with Crippen LogP contribution in [0.1, 0.15) is 39.9 Å². The minimum atomic E-state index is -1.09. The van der Waals surface area contributed by atoms with Gasteiger partial charge in [0.15, 0.2) is 5.67 Å². The fourth-order valence-electron chi connectivity index (χ4n) is 4.95. The fourth-order valence-corrected chi connectivity index (χ4v) is 4.95. The first-order valence-electron chi connectivity index (χ1n) is 11.7. The predicted molar refractivity (Wildman–Crippen MR) is 129 cm³/mol. The Morgan fingerprint density at radius 1 is 1.15 bits per heavy atom. The minimum Gasteiger partial charge on any atom is -0.478 e. The van der Waals surface area contributed by atoms with E-state index in [9.17, 15) is 9.18 Å². The number of aromatic amines is 1. The summed E-state index contributed by atoms with van der Waals surface area (Å²) in [7, 11) is 0. The van der Waals surface area contributed by atoms with Crippen molar-refractivity contribution >= 4 is 16.9 Å². The van der Waals surface area contributed by atoms with E-state index in [1.807, 2.05) is 6.20 Å². The maximum Gasteiger partial charge on any atom is 0.335 e. The third-order valence-electron chi connectivity index (χ3n) is 6.82. The summed E-state index contributed by atoms with van der Waals surface area (Å²) in [6.45, 7) is 7.53. The average Bonchev–Trinajstić information content (AvgIpc) is 3.28. The van der Waals surface area contributed by atoms with Crippen LogP contribution < -0.4 is 0 Å². The van der Waals surface area contributed by atoms with Crippen LogP contribution in [0, 0.1) is 19.8 Å². The number of carboxylic acid groups (broad SMARTS) is 1. The molecule has 0 unspecified atom stereocenters. The first kappa shape index (κ1) is 23.5. The van der Waals surface area contributed by atoms with Gasteiger partial charge in [0.25, 0.3) is 0 Å². The van der Waals surface area contributed by atoms with Crippen molar-refractivity contribution in [2.75, 3.05) is 32.8 Å². The average molecular weight is 453 g/mol. The lowest BCUT2D eigenvalue weighted by Gasteiger charge is -2.40. The fraction of sp³-hybridized carbons (Fsp3) is 0.444. The van der Waals surface area contributed by atoms with Crippen LogP contribution in [0.4, 0.5) is 4.39 Å². The molecule has 2 aliphatic heterocycles. The lowest BCUT2D eigenvalue weighted by Crippen LogP contribution is -2.54. The molecule has 5 rings (SSSR count). The lowest BCUT2D eigenvalue weighted by atomic mass is 9.86. The summed E-state index contributed by atoms with van der Waals surface area (Å²) >= 11 is 0. The van der Waals surface area contributed by atoms with Gasteiger partial charge in [0.2, 0.25) is 0 Å². The number of carboxylic acids is 1. The number of piperidine rings is 1. The van der Waals surface area contributed by atoms with E-state index in [1.54, 1.807) is 30.3 Å². The van der Waals surface area contributed by atoms with E-state index in [1.165, 1.54) is 27.6 Å². The number of H-pyrrole nitrogens is 1. The van der Waals surface area contributed by atoms with E-state index >= 15 is 0 Å². The molecule has 0 bridgehead atoms. The van der Waals surface area contributed by atoms with Crippen molar-refractivity contribution in [3.05, 3.63) is 70.9 Å². The molecule has 6 heteroatoms. The molecule has 3 heterocycles. The van der Waals surface area contributed by atoms with Gasteiger partial charge in [-0.2, -0.15) is 0 Å². The van der Waals surface area contributed by atoms with Crippen molar-refractivity contribution < 1.29 is 19.0 Å². The molecule has 2 N–H and O–H groups in total. The zero-order chi connectivity index (χ0) is 23.4. The summed E-state index contributed by atoms with van der Waals surface area (Å²) in [5, 5.41) is 9.76. The normalized spacial score (nSPS) is 18.4. The quantitative estimate of drug-likeness (QED) is 0.561. The van der Waals surface area contributed by atoms with E-state index in [-0.39, 0.29) is 13.2 Å². The summed E-state index contributed by atoms with van der Waals surface area (Å²) < 4.78 is 19.2. The van der Waals surface area contributed by atoms with E-state index < -0.39 is 11.6 Å². The number of halogens is 1. The molecule has 2 fully saturated rings. The predicted octanol–water partition coefficient (Wildman–Crippen LogP) is 5.16. The molecule has 2 aliphatic rings.